The molecular formula is C30H33FN4O4S. The lowest BCUT2D eigenvalue weighted by Crippen LogP contribution is -2.36. The zero-order valence-electron chi connectivity index (χ0n) is 22.9. The van der Waals surface area contributed by atoms with Gasteiger partial charge in [0.05, 0.1) is 17.5 Å². The average molecular weight is 565 g/mol. The van der Waals surface area contributed by atoms with E-state index in [1.807, 2.05) is 45.0 Å². The van der Waals surface area contributed by atoms with Gasteiger partial charge >= 0.3 is 6.09 Å². The number of aromatic nitrogens is 2. The Hall–Kier alpha value is -3.79. The smallest absolute Gasteiger partial charge is 0.410 e. The number of amides is 1. The van der Waals surface area contributed by atoms with Crippen molar-refractivity contribution in [1.82, 2.24) is 14.9 Å². The second-order valence-electron chi connectivity index (χ2n) is 11.3. The minimum atomic E-state index is -3.10. The van der Waals surface area contributed by atoms with E-state index in [0.717, 1.165) is 40.7 Å². The predicted molar refractivity (Wildman–Crippen MR) is 153 cm³/mol. The number of rotatable bonds is 4. The molecule has 1 saturated heterocycles. The van der Waals surface area contributed by atoms with Crippen molar-refractivity contribution in [2.24, 2.45) is 0 Å². The number of ether oxygens (including phenoxy) is 1. The molecule has 1 amide bonds. The number of anilines is 1. The van der Waals surface area contributed by atoms with Gasteiger partial charge in [-0.05, 0) is 86.1 Å². The maximum absolute atomic E-state index is 13.9. The fourth-order valence-electron chi connectivity index (χ4n) is 5.30. The van der Waals surface area contributed by atoms with Crippen molar-refractivity contribution in [2.75, 3.05) is 23.8 Å². The van der Waals surface area contributed by atoms with Crippen LogP contribution in [-0.4, -0.2) is 53.0 Å². The SMILES string of the molecule is CC(C)(C)OC(=O)N1CCC[C@H]1c1cc(-c2cnc(N)c(-c3ccnc(F)c3)c2)ccc1C1=CCS(=O)(=O)CC1. The zero-order chi connectivity index (χ0) is 28.7. The van der Waals surface area contributed by atoms with E-state index in [9.17, 15) is 17.6 Å². The highest BCUT2D eigenvalue weighted by molar-refractivity contribution is 7.91. The Morgan fingerprint density at radius 2 is 1.88 bits per heavy atom. The number of carbonyl (C=O) groups is 1. The van der Waals surface area contributed by atoms with Gasteiger partial charge in [-0.15, -0.1) is 0 Å². The van der Waals surface area contributed by atoms with Gasteiger partial charge in [0.25, 0.3) is 0 Å². The molecule has 2 aliphatic rings. The molecule has 2 aliphatic heterocycles. The standard InChI is InChI=1S/C30H33FN4O4S/c1-30(2,3)39-29(36)35-12-4-5-26(35)25-15-20(6-7-23(25)19-9-13-40(37,38)14-10-19)22-16-24(28(32)34-18-22)21-8-11-33-27(31)17-21/h6-9,11,15-18,26H,4-5,10,12-14H2,1-3H3,(H2,32,34)/t26-/m0/s1. The molecule has 210 valence electrons. The number of carbonyl (C=O) groups excluding carboxylic acids is 1. The summed E-state index contributed by atoms with van der Waals surface area (Å²) in [5.41, 5.74) is 11.1. The number of benzene rings is 1. The lowest BCUT2D eigenvalue weighted by Gasteiger charge is -2.30. The molecule has 0 radical (unpaired) electrons. The Morgan fingerprint density at radius 1 is 1.07 bits per heavy atom. The van der Waals surface area contributed by atoms with Crippen LogP contribution in [0, 0.1) is 5.95 Å². The third kappa shape index (κ3) is 6.01. The van der Waals surface area contributed by atoms with Crippen LogP contribution in [0.5, 0.6) is 0 Å². The molecule has 1 atom stereocenters. The maximum Gasteiger partial charge on any atom is 0.410 e. The van der Waals surface area contributed by atoms with Crippen LogP contribution in [0.2, 0.25) is 0 Å². The van der Waals surface area contributed by atoms with Crippen molar-refractivity contribution in [1.29, 1.82) is 0 Å². The van der Waals surface area contributed by atoms with Crippen LogP contribution < -0.4 is 5.73 Å². The van der Waals surface area contributed by atoms with Gasteiger partial charge in [-0.1, -0.05) is 18.2 Å². The molecule has 1 aromatic carbocycles. The highest BCUT2D eigenvalue weighted by Crippen LogP contribution is 2.41. The van der Waals surface area contributed by atoms with Gasteiger partial charge in [0, 0.05) is 36.1 Å². The molecule has 40 heavy (non-hydrogen) atoms. The van der Waals surface area contributed by atoms with E-state index in [1.165, 1.54) is 12.3 Å². The molecule has 3 aromatic rings. The number of halogens is 1. The fraction of sp³-hybridized carbons (Fsp3) is 0.367. The molecule has 0 unspecified atom stereocenters. The highest BCUT2D eigenvalue weighted by atomic mass is 32.2. The normalized spacial score (nSPS) is 18.9. The van der Waals surface area contributed by atoms with E-state index in [-0.39, 0.29) is 29.5 Å². The molecule has 10 heteroatoms. The highest BCUT2D eigenvalue weighted by Gasteiger charge is 2.35. The van der Waals surface area contributed by atoms with E-state index in [0.29, 0.717) is 24.1 Å². The van der Waals surface area contributed by atoms with E-state index in [1.54, 1.807) is 23.2 Å². The van der Waals surface area contributed by atoms with Gasteiger partial charge < -0.3 is 15.4 Å². The number of likely N-dealkylation sites (tertiary alicyclic amines) is 1. The summed E-state index contributed by atoms with van der Waals surface area (Å²) in [6, 6.07) is 10.6. The molecule has 4 heterocycles. The van der Waals surface area contributed by atoms with Crippen molar-refractivity contribution >= 4 is 27.3 Å². The molecule has 2 aromatic heterocycles. The van der Waals surface area contributed by atoms with E-state index in [4.69, 9.17) is 10.5 Å². The van der Waals surface area contributed by atoms with E-state index in [2.05, 4.69) is 9.97 Å². The van der Waals surface area contributed by atoms with Gasteiger partial charge in [-0.3, -0.25) is 0 Å². The minimum absolute atomic E-state index is 0.00228. The van der Waals surface area contributed by atoms with Crippen molar-refractivity contribution in [2.45, 2.75) is 51.7 Å². The summed E-state index contributed by atoms with van der Waals surface area (Å²) in [6.45, 7) is 6.10. The number of allylic oxidation sites excluding steroid dienone is 1. The summed E-state index contributed by atoms with van der Waals surface area (Å²) in [5, 5.41) is 0. The molecule has 1 fully saturated rings. The van der Waals surface area contributed by atoms with E-state index >= 15 is 0 Å². The lowest BCUT2D eigenvalue weighted by molar-refractivity contribution is 0.0224. The van der Waals surface area contributed by atoms with Crippen molar-refractivity contribution in [3.8, 4) is 22.3 Å². The predicted octanol–water partition coefficient (Wildman–Crippen LogP) is 5.81. The molecule has 0 bridgehead atoms. The molecule has 2 N–H and O–H groups in total. The largest absolute Gasteiger partial charge is 0.444 e. The topological polar surface area (TPSA) is 115 Å². The Morgan fingerprint density at radius 3 is 2.58 bits per heavy atom. The Labute approximate surface area is 234 Å². The van der Waals surface area contributed by atoms with Crippen LogP contribution in [0.25, 0.3) is 27.8 Å². The van der Waals surface area contributed by atoms with Gasteiger partial charge in [-0.25, -0.2) is 23.2 Å². The zero-order valence-corrected chi connectivity index (χ0v) is 23.7. The summed E-state index contributed by atoms with van der Waals surface area (Å²) in [6.07, 6.45) is 6.45. The quantitative estimate of drug-likeness (QED) is 0.398. The van der Waals surface area contributed by atoms with Crippen LogP contribution in [-0.2, 0) is 14.6 Å². The summed E-state index contributed by atoms with van der Waals surface area (Å²) in [7, 11) is -3.10. The maximum atomic E-state index is 13.9. The molecular weight excluding hydrogens is 531 g/mol. The summed E-state index contributed by atoms with van der Waals surface area (Å²) >= 11 is 0. The number of nitrogens with two attached hydrogens (primary N) is 1. The number of hydrogen-bond acceptors (Lipinski definition) is 7. The second kappa shape index (κ2) is 10.6. The average Bonchev–Trinajstić information content (AvgIpc) is 3.38. The molecule has 5 rings (SSSR count). The van der Waals surface area contributed by atoms with Gasteiger partial charge in [0.2, 0.25) is 5.95 Å². The van der Waals surface area contributed by atoms with Crippen LogP contribution >= 0.6 is 0 Å². The first kappa shape index (κ1) is 27.8. The van der Waals surface area contributed by atoms with Crippen molar-refractivity contribution < 1.29 is 22.3 Å². The first-order valence-electron chi connectivity index (χ1n) is 13.3. The van der Waals surface area contributed by atoms with Gasteiger partial charge in [0.15, 0.2) is 9.84 Å². The molecule has 0 saturated carbocycles. The number of hydrogen-bond donors (Lipinski definition) is 1. The minimum Gasteiger partial charge on any atom is -0.444 e. The number of sulfone groups is 1. The molecule has 0 aliphatic carbocycles. The van der Waals surface area contributed by atoms with Crippen LogP contribution in [0.15, 0.2) is 54.9 Å². The first-order chi connectivity index (χ1) is 18.9. The number of nitrogens with zero attached hydrogens (tertiary/aromatic N) is 3. The second-order valence-corrected chi connectivity index (χ2v) is 13.5. The summed E-state index contributed by atoms with van der Waals surface area (Å²) in [4.78, 5) is 23.0. The van der Waals surface area contributed by atoms with E-state index < -0.39 is 21.4 Å². The first-order valence-corrected chi connectivity index (χ1v) is 15.1. The van der Waals surface area contributed by atoms with Crippen LogP contribution in [0.3, 0.4) is 0 Å². The Bertz CT molecular complexity index is 1600. The van der Waals surface area contributed by atoms with Crippen LogP contribution in [0.1, 0.15) is 57.2 Å². The summed E-state index contributed by atoms with van der Waals surface area (Å²) in [5.74, 6) is -0.252. The third-order valence-corrected chi connectivity index (χ3v) is 8.69. The molecule has 8 nitrogen and oxygen atoms in total. The van der Waals surface area contributed by atoms with Gasteiger partial charge in [-0.2, -0.15) is 4.39 Å². The Balaban J connectivity index is 1.60. The van der Waals surface area contributed by atoms with Crippen LogP contribution in [0.4, 0.5) is 15.0 Å². The Kier molecular flexibility index (Phi) is 7.39. The van der Waals surface area contributed by atoms with Crippen molar-refractivity contribution in [3.63, 3.8) is 0 Å². The number of nitrogen functional groups attached to an aromatic ring is 1. The lowest BCUT2D eigenvalue weighted by atomic mass is 9.89. The van der Waals surface area contributed by atoms with Gasteiger partial charge in [0.1, 0.15) is 11.4 Å². The molecule has 0 spiro atoms. The summed E-state index contributed by atoms with van der Waals surface area (Å²) < 4.78 is 43.8. The van der Waals surface area contributed by atoms with Crippen molar-refractivity contribution in [3.05, 3.63) is 71.9 Å². The fourth-order valence-corrected chi connectivity index (χ4v) is 6.45. The number of pyridine rings is 2. The third-order valence-electron chi connectivity index (χ3n) is 7.19. The monoisotopic (exact) mass is 564 g/mol.